The minimum atomic E-state index is -0.432. The Morgan fingerprint density at radius 1 is 0.868 bits per heavy atom. The number of carbonyl (C=O) groups excluding carboxylic acids is 3. The molecule has 6 heteroatoms. The first-order chi connectivity index (χ1) is 18.5. The summed E-state index contributed by atoms with van der Waals surface area (Å²) in [4.78, 5) is 41.7. The molecule has 196 valence electrons. The number of amides is 2. The minimum Gasteiger partial charge on any atom is -0.466 e. The lowest BCUT2D eigenvalue weighted by molar-refractivity contribution is -0.134. The van der Waals surface area contributed by atoms with Crippen LogP contribution in [0.25, 0.3) is 6.08 Å². The van der Waals surface area contributed by atoms with Gasteiger partial charge in [0.1, 0.15) is 0 Å². The highest BCUT2D eigenvalue weighted by Gasteiger charge is 2.27. The molecule has 3 aromatic rings. The van der Waals surface area contributed by atoms with E-state index in [-0.39, 0.29) is 17.7 Å². The zero-order chi connectivity index (χ0) is 26.9. The van der Waals surface area contributed by atoms with Gasteiger partial charge in [0.05, 0.1) is 13.7 Å². The Balaban J connectivity index is 1.57. The number of methoxy groups -OCH3 is 1. The summed E-state index contributed by atoms with van der Waals surface area (Å²) < 4.78 is 4.70. The number of hydrogen-bond acceptors (Lipinski definition) is 4. The number of anilines is 2. The number of hydrogen-bond donors (Lipinski definition) is 0. The van der Waals surface area contributed by atoms with Gasteiger partial charge in [-0.1, -0.05) is 61.7 Å². The molecule has 6 nitrogen and oxygen atoms in total. The summed E-state index contributed by atoms with van der Waals surface area (Å²) in [6, 6.07) is 24.6. The second kappa shape index (κ2) is 12.9. The fourth-order valence-corrected chi connectivity index (χ4v) is 4.79. The van der Waals surface area contributed by atoms with E-state index >= 15 is 0 Å². The monoisotopic (exact) mass is 510 g/mol. The van der Waals surface area contributed by atoms with E-state index in [4.69, 9.17) is 4.74 Å². The number of benzene rings is 3. The first-order valence-electron chi connectivity index (χ1n) is 13.1. The second-order valence-corrected chi connectivity index (χ2v) is 9.61. The van der Waals surface area contributed by atoms with Crippen LogP contribution >= 0.6 is 0 Å². The summed E-state index contributed by atoms with van der Waals surface area (Å²) >= 11 is 0. The van der Waals surface area contributed by atoms with E-state index in [9.17, 15) is 14.4 Å². The SMILES string of the molecule is COC(=O)/C=C/c1cccc(N(Cc2ccc(C(=O)N(C)c3ccccc3)cc2)C(=O)C2CCCCC2)c1. The standard InChI is InChI=1S/C32H34N2O4/c1-33(28-13-7-4-8-14-28)31(36)27-19-16-25(17-20-27)23-34(32(37)26-11-5-3-6-12-26)29-15-9-10-24(22-29)18-21-30(35)38-2/h4,7-10,13-22,26H,3,5-6,11-12,23H2,1-2H3/b21-18+. The van der Waals surface area contributed by atoms with Gasteiger partial charge in [-0.15, -0.1) is 0 Å². The molecule has 0 heterocycles. The van der Waals surface area contributed by atoms with Gasteiger partial charge in [-0.3, -0.25) is 9.59 Å². The number of carbonyl (C=O) groups is 3. The van der Waals surface area contributed by atoms with Crippen LogP contribution in [0.2, 0.25) is 0 Å². The van der Waals surface area contributed by atoms with Crippen molar-refractivity contribution in [2.75, 3.05) is 24.0 Å². The highest BCUT2D eigenvalue weighted by Crippen LogP contribution is 2.29. The summed E-state index contributed by atoms with van der Waals surface area (Å²) in [7, 11) is 3.10. The number of nitrogens with zero attached hydrogens (tertiary/aromatic N) is 2. The average molecular weight is 511 g/mol. The van der Waals surface area contributed by atoms with Crippen molar-refractivity contribution >= 4 is 35.2 Å². The van der Waals surface area contributed by atoms with E-state index < -0.39 is 5.97 Å². The molecule has 0 saturated heterocycles. The van der Waals surface area contributed by atoms with Crippen molar-refractivity contribution < 1.29 is 19.1 Å². The van der Waals surface area contributed by atoms with Gasteiger partial charge in [-0.2, -0.15) is 0 Å². The largest absolute Gasteiger partial charge is 0.466 e. The Morgan fingerprint density at radius 3 is 2.24 bits per heavy atom. The molecule has 0 aromatic heterocycles. The molecule has 1 aliphatic carbocycles. The number of ether oxygens (including phenoxy) is 1. The van der Waals surface area contributed by atoms with Gasteiger partial charge in [-0.25, -0.2) is 4.79 Å². The number of esters is 1. The highest BCUT2D eigenvalue weighted by molar-refractivity contribution is 6.05. The summed E-state index contributed by atoms with van der Waals surface area (Å²) in [6.45, 7) is 0.391. The first-order valence-corrected chi connectivity index (χ1v) is 13.1. The van der Waals surface area contributed by atoms with Gasteiger partial charge in [-0.05, 0) is 66.4 Å². The molecule has 0 N–H and O–H groups in total. The molecule has 4 rings (SSSR count). The number of para-hydroxylation sites is 1. The molecular weight excluding hydrogens is 476 g/mol. The van der Waals surface area contributed by atoms with Crippen molar-refractivity contribution in [3.8, 4) is 0 Å². The molecule has 1 fully saturated rings. The topological polar surface area (TPSA) is 66.9 Å². The summed E-state index contributed by atoms with van der Waals surface area (Å²) in [5.41, 5.74) is 3.92. The minimum absolute atomic E-state index is 0.00149. The number of rotatable bonds is 8. The molecule has 0 unspecified atom stereocenters. The predicted molar refractivity (Wildman–Crippen MR) is 151 cm³/mol. The Bertz CT molecular complexity index is 1280. The fourth-order valence-electron chi connectivity index (χ4n) is 4.79. The van der Waals surface area contributed by atoms with Crippen LogP contribution in [0.4, 0.5) is 11.4 Å². The quantitative estimate of drug-likeness (QED) is 0.265. The molecular formula is C32H34N2O4. The van der Waals surface area contributed by atoms with E-state index in [0.29, 0.717) is 12.1 Å². The predicted octanol–water partition coefficient (Wildman–Crippen LogP) is 6.26. The third kappa shape index (κ3) is 6.76. The smallest absolute Gasteiger partial charge is 0.330 e. The van der Waals surface area contributed by atoms with Gasteiger partial charge in [0.15, 0.2) is 0 Å². The molecule has 1 aliphatic rings. The van der Waals surface area contributed by atoms with Crippen molar-refractivity contribution in [3.05, 3.63) is 102 Å². The van der Waals surface area contributed by atoms with Crippen LogP contribution in [0.15, 0.2) is 84.9 Å². The normalized spacial score (nSPS) is 13.7. The summed E-state index contributed by atoms with van der Waals surface area (Å²) in [6.07, 6.45) is 8.16. The maximum Gasteiger partial charge on any atom is 0.330 e. The lowest BCUT2D eigenvalue weighted by Crippen LogP contribution is -2.36. The van der Waals surface area contributed by atoms with Crippen LogP contribution in [-0.2, 0) is 20.9 Å². The molecule has 1 saturated carbocycles. The Hall–Kier alpha value is -4.19. The van der Waals surface area contributed by atoms with E-state index in [1.807, 2.05) is 83.8 Å². The van der Waals surface area contributed by atoms with Gasteiger partial charge in [0.25, 0.3) is 5.91 Å². The van der Waals surface area contributed by atoms with Crippen molar-refractivity contribution in [1.29, 1.82) is 0 Å². The van der Waals surface area contributed by atoms with E-state index in [1.54, 1.807) is 18.0 Å². The zero-order valence-corrected chi connectivity index (χ0v) is 22.0. The lowest BCUT2D eigenvalue weighted by atomic mass is 9.88. The van der Waals surface area contributed by atoms with Crippen LogP contribution < -0.4 is 9.80 Å². The van der Waals surface area contributed by atoms with Crippen molar-refractivity contribution in [1.82, 2.24) is 0 Å². The Kier molecular flexibility index (Phi) is 9.09. The maximum atomic E-state index is 13.7. The Morgan fingerprint density at radius 2 is 1.55 bits per heavy atom. The van der Waals surface area contributed by atoms with Crippen molar-refractivity contribution in [3.63, 3.8) is 0 Å². The van der Waals surface area contributed by atoms with Crippen LogP contribution in [0.1, 0.15) is 53.6 Å². The van der Waals surface area contributed by atoms with Crippen LogP contribution in [0.5, 0.6) is 0 Å². The van der Waals surface area contributed by atoms with E-state index in [2.05, 4.69) is 0 Å². The lowest BCUT2D eigenvalue weighted by Gasteiger charge is -2.30. The molecule has 0 atom stereocenters. The highest BCUT2D eigenvalue weighted by atomic mass is 16.5. The van der Waals surface area contributed by atoms with Crippen LogP contribution in [0.3, 0.4) is 0 Å². The Labute approximate surface area is 224 Å². The fraction of sp³-hybridized carbons (Fsp3) is 0.281. The third-order valence-electron chi connectivity index (χ3n) is 7.01. The van der Waals surface area contributed by atoms with Gasteiger partial charge < -0.3 is 14.5 Å². The van der Waals surface area contributed by atoms with Crippen LogP contribution in [-0.4, -0.2) is 31.9 Å². The van der Waals surface area contributed by atoms with Crippen LogP contribution in [0, 0.1) is 5.92 Å². The zero-order valence-electron chi connectivity index (χ0n) is 22.0. The van der Waals surface area contributed by atoms with Gasteiger partial charge in [0.2, 0.25) is 5.91 Å². The van der Waals surface area contributed by atoms with E-state index in [1.165, 1.54) is 19.6 Å². The maximum absolute atomic E-state index is 13.7. The molecule has 0 bridgehead atoms. The van der Waals surface area contributed by atoms with Crippen molar-refractivity contribution in [2.45, 2.75) is 38.6 Å². The summed E-state index contributed by atoms with van der Waals surface area (Å²) in [5.74, 6) is -0.415. The van der Waals surface area contributed by atoms with Gasteiger partial charge in [0, 0.05) is 36.0 Å². The molecule has 2 amide bonds. The molecule has 38 heavy (non-hydrogen) atoms. The summed E-state index contributed by atoms with van der Waals surface area (Å²) in [5, 5.41) is 0. The second-order valence-electron chi connectivity index (χ2n) is 9.61. The molecule has 0 aliphatic heterocycles. The van der Waals surface area contributed by atoms with E-state index in [0.717, 1.165) is 48.2 Å². The van der Waals surface area contributed by atoms with Crippen molar-refractivity contribution in [2.24, 2.45) is 5.92 Å². The first kappa shape index (κ1) is 26.9. The average Bonchev–Trinajstić information content (AvgIpc) is 2.99. The van der Waals surface area contributed by atoms with Gasteiger partial charge >= 0.3 is 5.97 Å². The molecule has 3 aromatic carbocycles. The third-order valence-corrected chi connectivity index (χ3v) is 7.01. The molecule has 0 radical (unpaired) electrons. The molecule has 0 spiro atoms.